The number of aliphatic hydroxyl groups excluding tert-OH is 2. The van der Waals surface area contributed by atoms with E-state index < -0.39 is 24.8 Å². The van der Waals surface area contributed by atoms with E-state index in [4.69, 9.17) is 0 Å². The maximum atomic E-state index is 14.0. The fourth-order valence-corrected chi connectivity index (χ4v) is 2.87. The van der Waals surface area contributed by atoms with E-state index in [-0.39, 0.29) is 22.8 Å². The Hall–Kier alpha value is -2.42. The van der Waals surface area contributed by atoms with Gasteiger partial charge in [0.1, 0.15) is 19.0 Å². The molecule has 0 atom stereocenters. The molecule has 8 heteroatoms. The first-order valence-corrected chi connectivity index (χ1v) is 8.10. The largest absolute Gasteiger partial charge is 0.388 e. The maximum Gasteiger partial charge on any atom is 0.198 e. The number of carbonyl (C=O) groups is 1. The van der Waals surface area contributed by atoms with Crippen LogP contribution in [0.5, 0.6) is 0 Å². The van der Waals surface area contributed by atoms with E-state index in [0.717, 1.165) is 0 Å². The minimum atomic E-state index is -0.632. The van der Waals surface area contributed by atoms with Crippen LogP contribution < -0.4 is 0 Å². The summed E-state index contributed by atoms with van der Waals surface area (Å²) in [7, 11) is 0. The van der Waals surface area contributed by atoms with Crippen LogP contribution in [-0.4, -0.2) is 30.8 Å². The normalized spacial score (nSPS) is 10.9. The standard InChI is InChI=1S/C17H13BrFN3O3/c18-10-5-6-14(22-15(8-23)20-21-16(22)9-24)12(7-10)17(25)11-3-1-2-4-13(11)19/h1-7,23-24H,8-9H2. The van der Waals surface area contributed by atoms with Crippen molar-refractivity contribution in [2.45, 2.75) is 13.2 Å². The van der Waals surface area contributed by atoms with Crippen molar-refractivity contribution in [2.24, 2.45) is 0 Å². The molecule has 0 radical (unpaired) electrons. The number of ketones is 1. The summed E-state index contributed by atoms with van der Waals surface area (Å²) >= 11 is 3.30. The average molecular weight is 406 g/mol. The van der Waals surface area contributed by atoms with E-state index in [1.165, 1.54) is 22.8 Å². The fraction of sp³-hybridized carbons (Fsp3) is 0.118. The summed E-state index contributed by atoms with van der Waals surface area (Å²) in [6, 6.07) is 10.5. The molecule has 2 N–H and O–H groups in total. The molecule has 2 aromatic carbocycles. The summed E-state index contributed by atoms with van der Waals surface area (Å²) in [5.41, 5.74) is 0.448. The van der Waals surface area contributed by atoms with Gasteiger partial charge in [0.25, 0.3) is 0 Å². The van der Waals surface area contributed by atoms with Gasteiger partial charge < -0.3 is 10.2 Å². The third-order valence-electron chi connectivity index (χ3n) is 3.64. The molecule has 1 heterocycles. The highest BCUT2D eigenvalue weighted by Crippen LogP contribution is 2.26. The van der Waals surface area contributed by atoms with E-state index in [2.05, 4.69) is 26.1 Å². The van der Waals surface area contributed by atoms with Crippen molar-refractivity contribution in [3.63, 3.8) is 0 Å². The van der Waals surface area contributed by atoms with Crippen molar-refractivity contribution in [3.8, 4) is 5.69 Å². The summed E-state index contributed by atoms with van der Waals surface area (Å²) in [6.07, 6.45) is 0. The van der Waals surface area contributed by atoms with Gasteiger partial charge in [-0.1, -0.05) is 28.1 Å². The predicted octanol–water partition coefficient (Wildman–Crippen LogP) is 2.38. The molecule has 3 aromatic rings. The number of aliphatic hydroxyl groups is 2. The number of aromatic nitrogens is 3. The van der Waals surface area contributed by atoms with Crippen LogP contribution in [0, 0.1) is 5.82 Å². The van der Waals surface area contributed by atoms with E-state index in [0.29, 0.717) is 10.2 Å². The number of benzene rings is 2. The van der Waals surface area contributed by atoms with E-state index in [9.17, 15) is 19.4 Å². The fourth-order valence-electron chi connectivity index (χ4n) is 2.51. The Labute approximate surface area is 150 Å². The summed E-state index contributed by atoms with van der Waals surface area (Å²) < 4.78 is 16.1. The van der Waals surface area contributed by atoms with Crippen molar-refractivity contribution in [1.29, 1.82) is 0 Å². The first-order chi connectivity index (χ1) is 12.1. The Kier molecular flexibility index (Phi) is 5.03. The number of rotatable bonds is 5. The zero-order valence-corrected chi connectivity index (χ0v) is 14.4. The van der Waals surface area contributed by atoms with Crippen molar-refractivity contribution in [1.82, 2.24) is 14.8 Å². The van der Waals surface area contributed by atoms with Gasteiger partial charge in [-0.05, 0) is 30.3 Å². The Bertz CT molecular complexity index is 921. The molecule has 0 unspecified atom stereocenters. The van der Waals surface area contributed by atoms with Crippen LogP contribution in [0.3, 0.4) is 0 Å². The van der Waals surface area contributed by atoms with Crippen LogP contribution >= 0.6 is 15.9 Å². The topological polar surface area (TPSA) is 88.2 Å². The molecule has 0 bridgehead atoms. The Morgan fingerprint density at radius 1 is 1.04 bits per heavy atom. The first-order valence-electron chi connectivity index (χ1n) is 7.31. The van der Waals surface area contributed by atoms with E-state index >= 15 is 0 Å². The van der Waals surface area contributed by atoms with Gasteiger partial charge in [0.15, 0.2) is 17.4 Å². The summed E-state index contributed by atoms with van der Waals surface area (Å²) in [5, 5.41) is 26.6. The maximum absolute atomic E-state index is 14.0. The predicted molar refractivity (Wildman–Crippen MR) is 90.7 cm³/mol. The van der Waals surface area contributed by atoms with Gasteiger partial charge in [0.2, 0.25) is 0 Å². The lowest BCUT2D eigenvalue weighted by Crippen LogP contribution is -2.13. The van der Waals surface area contributed by atoms with Crippen LogP contribution in [0.15, 0.2) is 46.9 Å². The van der Waals surface area contributed by atoms with Gasteiger partial charge in [-0.3, -0.25) is 9.36 Å². The lowest BCUT2D eigenvalue weighted by Gasteiger charge is -2.14. The highest BCUT2D eigenvalue weighted by atomic mass is 79.9. The average Bonchev–Trinajstić information content (AvgIpc) is 3.04. The SMILES string of the molecule is O=C(c1ccccc1F)c1cc(Br)ccc1-n1c(CO)nnc1CO. The smallest absolute Gasteiger partial charge is 0.198 e. The second-order valence-corrected chi connectivity index (χ2v) is 6.07. The van der Waals surface area contributed by atoms with E-state index in [1.807, 2.05) is 0 Å². The molecule has 3 rings (SSSR count). The quantitative estimate of drug-likeness (QED) is 0.636. The lowest BCUT2D eigenvalue weighted by atomic mass is 10.0. The molecule has 0 aliphatic heterocycles. The molecule has 1 aromatic heterocycles. The molecule has 0 saturated heterocycles. The van der Waals surface area contributed by atoms with Crippen molar-refractivity contribution < 1.29 is 19.4 Å². The zero-order valence-electron chi connectivity index (χ0n) is 12.9. The third-order valence-corrected chi connectivity index (χ3v) is 4.14. The molecular weight excluding hydrogens is 393 g/mol. The van der Waals surface area contributed by atoms with Gasteiger partial charge in [0.05, 0.1) is 11.3 Å². The Morgan fingerprint density at radius 3 is 2.28 bits per heavy atom. The lowest BCUT2D eigenvalue weighted by molar-refractivity contribution is 0.103. The molecule has 0 aliphatic rings. The van der Waals surface area contributed by atoms with Gasteiger partial charge in [-0.15, -0.1) is 10.2 Å². The van der Waals surface area contributed by atoms with Crippen molar-refractivity contribution in [2.75, 3.05) is 0 Å². The summed E-state index contributed by atoms with van der Waals surface area (Å²) in [6.45, 7) is -0.868. The first kappa shape index (κ1) is 17.4. The van der Waals surface area contributed by atoms with Gasteiger partial charge >= 0.3 is 0 Å². The highest BCUT2D eigenvalue weighted by Gasteiger charge is 2.22. The molecule has 128 valence electrons. The van der Waals surface area contributed by atoms with Crippen LogP contribution in [0.1, 0.15) is 27.6 Å². The number of hydrogen-bond acceptors (Lipinski definition) is 5. The van der Waals surface area contributed by atoms with Gasteiger partial charge in [-0.25, -0.2) is 4.39 Å². The molecule has 0 saturated carbocycles. The molecule has 0 spiro atoms. The zero-order chi connectivity index (χ0) is 18.0. The second kappa shape index (κ2) is 7.22. The number of nitrogens with zero attached hydrogens (tertiary/aromatic N) is 3. The second-order valence-electron chi connectivity index (χ2n) is 5.15. The minimum absolute atomic E-state index is 0.0778. The molecule has 0 amide bonds. The Morgan fingerprint density at radius 2 is 1.68 bits per heavy atom. The molecule has 6 nitrogen and oxygen atoms in total. The van der Waals surface area contributed by atoms with Crippen LogP contribution in [0.2, 0.25) is 0 Å². The van der Waals surface area contributed by atoms with Gasteiger partial charge in [-0.2, -0.15) is 0 Å². The molecule has 25 heavy (non-hydrogen) atoms. The molecule has 0 fully saturated rings. The summed E-state index contributed by atoms with van der Waals surface area (Å²) in [4.78, 5) is 12.9. The highest BCUT2D eigenvalue weighted by molar-refractivity contribution is 9.10. The number of hydrogen-bond donors (Lipinski definition) is 2. The molecular formula is C17H13BrFN3O3. The van der Waals surface area contributed by atoms with Crippen molar-refractivity contribution >= 4 is 21.7 Å². The Balaban J connectivity index is 2.23. The van der Waals surface area contributed by atoms with Crippen molar-refractivity contribution in [3.05, 3.63) is 75.5 Å². The number of carbonyl (C=O) groups excluding carboxylic acids is 1. The van der Waals surface area contributed by atoms with Gasteiger partial charge in [0, 0.05) is 10.0 Å². The third kappa shape index (κ3) is 3.23. The van der Waals surface area contributed by atoms with E-state index in [1.54, 1.807) is 24.3 Å². The number of halogens is 2. The summed E-state index contributed by atoms with van der Waals surface area (Å²) in [5.74, 6) is -0.842. The van der Waals surface area contributed by atoms with Crippen LogP contribution in [0.4, 0.5) is 4.39 Å². The van der Waals surface area contributed by atoms with Crippen LogP contribution in [0.25, 0.3) is 5.69 Å². The monoisotopic (exact) mass is 405 g/mol. The van der Waals surface area contributed by atoms with Crippen LogP contribution in [-0.2, 0) is 13.2 Å². The molecule has 0 aliphatic carbocycles. The minimum Gasteiger partial charge on any atom is -0.388 e.